The number of rotatable bonds is 2. The Morgan fingerprint density at radius 3 is 2.80 bits per heavy atom. The summed E-state index contributed by atoms with van der Waals surface area (Å²) in [5, 5.41) is 0. The number of pyridine rings is 1. The molecule has 1 aromatic rings. The summed E-state index contributed by atoms with van der Waals surface area (Å²) in [6, 6.07) is 6.49. The highest BCUT2D eigenvalue weighted by molar-refractivity contribution is 6.17. The normalized spacial score (nSPS) is 9.80. The van der Waals surface area contributed by atoms with Crippen molar-refractivity contribution in [3.63, 3.8) is 0 Å². The third kappa shape index (κ3) is 1.86. The van der Waals surface area contributed by atoms with Gasteiger partial charge in [-0.2, -0.15) is 0 Å². The van der Waals surface area contributed by atoms with Gasteiger partial charge >= 0.3 is 0 Å². The van der Waals surface area contributed by atoms with Gasteiger partial charge in [-0.3, -0.25) is 4.98 Å². The molecule has 1 radical (unpaired) electrons. The van der Waals surface area contributed by atoms with Gasteiger partial charge in [0.1, 0.15) is 0 Å². The van der Waals surface area contributed by atoms with Crippen LogP contribution in [0.3, 0.4) is 0 Å². The number of nitrogens with zero attached hydrogens (tertiary/aromatic N) is 1. The molecule has 0 saturated heterocycles. The van der Waals surface area contributed by atoms with Gasteiger partial charge in [-0.1, -0.05) is 6.07 Å². The molecule has 0 fully saturated rings. The largest absolute Gasteiger partial charge is 0.255 e. The predicted molar refractivity (Wildman–Crippen MR) is 42.2 cm³/mol. The number of hydrogen-bond acceptors (Lipinski definition) is 1. The maximum Gasteiger partial charge on any atom is 0.0653 e. The smallest absolute Gasteiger partial charge is 0.0653 e. The van der Waals surface area contributed by atoms with Crippen LogP contribution in [-0.4, -0.2) is 4.98 Å². The highest BCUT2D eigenvalue weighted by Crippen LogP contribution is 2.03. The Bertz CT molecular complexity index is 193. The molecule has 0 aromatic carbocycles. The van der Waals surface area contributed by atoms with E-state index in [-0.39, 0.29) is 0 Å². The summed E-state index contributed by atoms with van der Waals surface area (Å²) in [4.78, 5) is 4.09. The lowest BCUT2D eigenvalue weighted by Gasteiger charge is -1.95. The van der Waals surface area contributed by atoms with Gasteiger partial charge in [0.2, 0.25) is 0 Å². The van der Waals surface area contributed by atoms with Crippen LogP contribution in [0.1, 0.15) is 11.4 Å². The van der Waals surface area contributed by atoms with Crippen LogP contribution in [0.2, 0.25) is 0 Å². The summed E-state index contributed by atoms with van der Waals surface area (Å²) in [5.74, 6) is 0.823. The van der Waals surface area contributed by atoms with E-state index < -0.39 is 0 Å². The molecule has 0 atom stereocenters. The third-order valence-electron chi connectivity index (χ3n) is 1.07. The Balaban J connectivity index is 2.87. The molecule has 3 heteroatoms. The van der Waals surface area contributed by atoms with E-state index in [1.54, 1.807) is 6.07 Å². The molecular formula is C7H6Cl2N. The van der Waals surface area contributed by atoms with E-state index in [4.69, 9.17) is 23.2 Å². The van der Waals surface area contributed by atoms with Gasteiger partial charge in [0, 0.05) is 6.07 Å². The summed E-state index contributed by atoms with van der Waals surface area (Å²) in [6.45, 7) is 0. The molecule has 0 N–H and O–H groups in total. The predicted octanol–water partition coefficient (Wildman–Crippen LogP) is 2.36. The van der Waals surface area contributed by atoms with Crippen LogP contribution in [0, 0.1) is 6.07 Å². The summed E-state index contributed by atoms with van der Waals surface area (Å²) in [6.07, 6.45) is 0. The van der Waals surface area contributed by atoms with Crippen molar-refractivity contribution in [3.8, 4) is 0 Å². The van der Waals surface area contributed by atoms with Gasteiger partial charge in [-0.05, 0) is 6.07 Å². The first-order chi connectivity index (χ1) is 4.86. The van der Waals surface area contributed by atoms with Gasteiger partial charge in [0.25, 0.3) is 0 Å². The Hall–Kier alpha value is -0.270. The number of halogens is 2. The molecule has 1 rings (SSSR count). The molecule has 0 amide bonds. The molecule has 1 aromatic heterocycles. The van der Waals surface area contributed by atoms with Crippen LogP contribution in [0.15, 0.2) is 12.1 Å². The van der Waals surface area contributed by atoms with Crippen LogP contribution in [0.4, 0.5) is 0 Å². The quantitative estimate of drug-likeness (QED) is 0.628. The van der Waals surface area contributed by atoms with E-state index in [9.17, 15) is 0 Å². The Labute approximate surface area is 70.0 Å². The number of hydrogen-bond donors (Lipinski definition) is 0. The van der Waals surface area contributed by atoms with Crippen molar-refractivity contribution in [2.75, 3.05) is 0 Å². The fraction of sp³-hybridized carbons (Fsp3) is 0.286. The first kappa shape index (κ1) is 7.83. The molecule has 0 aliphatic rings. The fourth-order valence-electron chi connectivity index (χ4n) is 0.620. The minimum absolute atomic E-state index is 0.394. The highest BCUT2D eigenvalue weighted by atomic mass is 35.5. The van der Waals surface area contributed by atoms with E-state index in [2.05, 4.69) is 11.1 Å². The van der Waals surface area contributed by atoms with Gasteiger partial charge in [0.05, 0.1) is 23.1 Å². The molecule has 0 unspecified atom stereocenters. The molecule has 0 aliphatic heterocycles. The van der Waals surface area contributed by atoms with Crippen molar-refractivity contribution >= 4 is 23.2 Å². The molecule has 0 aliphatic carbocycles. The second-order valence-corrected chi connectivity index (χ2v) is 2.33. The van der Waals surface area contributed by atoms with Crippen LogP contribution >= 0.6 is 23.2 Å². The molecular weight excluding hydrogens is 169 g/mol. The van der Waals surface area contributed by atoms with E-state index in [0.29, 0.717) is 11.8 Å². The number of alkyl halides is 2. The molecule has 53 valence electrons. The van der Waals surface area contributed by atoms with Crippen LogP contribution < -0.4 is 0 Å². The van der Waals surface area contributed by atoms with Crippen molar-refractivity contribution in [2.24, 2.45) is 0 Å². The van der Waals surface area contributed by atoms with E-state index >= 15 is 0 Å². The van der Waals surface area contributed by atoms with Gasteiger partial charge in [-0.15, -0.1) is 23.2 Å². The van der Waals surface area contributed by atoms with E-state index in [1.165, 1.54) is 0 Å². The van der Waals surface area contributed by atoms with Crippen molar-refractivity contribution in [2.45, 2.75) is 11.8 Å². The second kappa shape index (κ2) is 3.79. The fourth-order valence-corrected chi connectivity index (χ4v) is 0.906. The topological polar surface area (TPSA) is 12.9 Å². The van der Waals surface area contributed by atoms with Crippen molar-refractivity contribution in [1.29, 1.82) is 0 Å². The minimum atomic E-state index is 0.394. The van der Waals surface area contributed by atoms with E-state index in [1.807, 2.05) is 6.07 Å². The Kier molecular flexibility index (Phi) is 2.97. The Morgan fingerprint density at radius 1 is 1.40 bits per heavy atom. The summed E-state index contributed by atoms with van der Waals surface area (Å²) >= 11 is 11.1. The number of aromatic nitrogens is 1. The maximum atomic E-state index is 5.54. The lowest BCUT2D eigenvalue weighted by Crippen LogP contribution is -1.89. The van der Waals surface area contributed by atoms with E-state index in [0.717, 1.165) is 11.4 Å². The van der Waals surface area contributed by atoms with Crippen molar-refractivity contribution < 1.29 is 0 Å². The zero-order chi connectivity index (χ0) is 7.40. The standard InChI is InChI=1S/C7H6Cl2N/c8-4-6-2-1-3-7(5-9)10-6/h1-2H,4-5H2. The van der Waals surface area contributed by atoms with Crippen molar-refractivity contribution in [1.82, 2.24) is 4.98 Å². The molecule has 0 bridgehead atoms. The highest BCUT2D eigenvalue weighted by Gasteiger charge is 1.93. The zero-order valence-corrected chi connectivity index (χ0v) is 6.78. The molecule has 0 saturated carbocycles. The first-order valence-corrected chi connectivity index (χ1v) is 3.92. The monoisotopic (exact) mass is 174 g/mol. The summed E-state index contributed by atoms with van der Waals surface area (Å²) in [7, 11) is 0. The second-order valence-electron chi connectivity index (χ2n) is 1.79. The van der Waals surface area contributed by atoms with Gasteiger partial charge in [0.15, 0.2) is 0 Å². The summed E-state index contributed by atoms with van der Waals surface area (Å²) < 4.78 is 0. The molecule has 1 heterocycles. The van der Waals surface area contributed by atoms with Crippen molar-refractivity contribution in [3.05, 3.63) is 29.6 Å². The van der Waals surface area contributed by atoms with Crippen LogP contribution in [-0.2, 0) is 11.8 Å². The summed E-state index contributed by atoms with van der Waals surface area (Å²) in [5.41, 5.74) is 1.59. The molecule has 10 heavy (non-hydrogen) atoms. The lowest BCUT2D eigenvalue weighted by molar-refractivity contribution is 1.08. The SMILES string of the molecule is ClCc1[c]ccc(CCl)n1. The molecule has 0 spiro atoms. The van der Waals surface area contributed by atoms with Crippen LogP contribution in [0.5, 0.6) is 0 Å². The van der Waals surface area contributed by atoms with Gasteiger partial charge in [-0.25, -0.2) is 0 Å². The first-order valence-electron chi connectivity index (χ1n) is 2.85. The minimum Gasteiger partial charge on any atom is -0.255 e. The van der Waals surface area contributed by atoms with Crippen LogP contribution in [0.25, 0.3) is 0 Å². The average Bonchev–Trinajstić information content (AvgIpc) is 2.05. The average molecular weight is 175 g/mol. The Morgan fingerprint density at radius 2 is 2.20 bits per heavy atom. The molecule has 1 nitrogen and oxygen atoms in total. The zero-order valence-electron chi connectivity index (χ0n) is 5.27. The van der Waals surface area contributed by atoms with Gasteiger partial charge < -0.3 is 0 Å². The maximum absolute atomic E-state index is 5.54. The lowest BCUT2D eigenvalue weighted by atomic mass is 10.3. The third-order valence-corrected chi connectivity index (χ3v) is 1.59.